The van der Waals surface area contributed by atoms with Crippen molar-refractivity contribution in [1.29, 1.82) is 0 Å². The molecule has 0 aliphatic carbocycles. The van der Waals surface area contributed by atoms with E-state index >= 15 is 0 Å². The van der Waals surface area contributed by atoms with Crippen LogP contribution < -0.4 is 5.32 Å². The SMILES string of the molecule is Cc1cccc(C)c1NC1=N[C@@](C)(CO)CS1. The second-order valence-electron chi connectivity index (χ2n) is 4.75. The summed E-state index contributed by atoms with van der Waals surface area (Å²) in [6, 6.07) is 6.22. The predicted molar refractivity (Wildman–Crippen MR) is 74.9 cm³/mol. The smallest absolute Gasteiger partial charge is 0.161 e. The third kappa shape index (κ3) is 2.64. The van der Waals surface area contributed by atoms with Crippen molar-refractivity contribution in [2.24, 2.45) is 4.99 Å². The van der Waals surface area contributed by atoms with Crippen molar-refractivity contribution in [3.05, 3.63) is 29.3 Å². The molecule has 0 aromatic heterocycles. The molecule has 17 heavy (non-hydrogen) atoms. The van der Waals surface area contributed by atoms with Crippen LogP contribution in [0.5, 0.6) is 0 Å². The number of hydrogen-bond donors (Lipinski definition) is 2. The number of para-hydroxylation sites is 1. The summed E-state index contributed by atoms with van der Waals surface area (Å²) >= 11 is 1.67. The van der Waals surface area contributed by atoms with Crippen molar-refractivity contribution in [1.82, 2.24) is 0 Å². The lowest BCUT2D eigenvalue weighted by molar-refractivity contribution is 0.227. The van der Waals surface area contributed by atoms with Gasteiger partial charge in [-0.05, 0) is 31.9 Å². The maximum Gasteiger partial charge on any atom is 0.161 e. The highest BCUT2D eigenvalue weighted by Crippen LogP contribution is 2.29. The average Bonchev–Trinajstić information content (AvgIpc) is 2.67. The quantitative estimate of drug-likeness (QED) is 0.848. The van der Waals surface area contributed by atoms with Gasteiger partial charge in [0.15, 0.2) is 5.17 Å². The zero-order chi connectivity index (χ0) is 12.5. The van der Waals surface area contributed by atoms with E-state index in [9.17, 15) is 5.11 Å². The molecule has 0 unspecified atom stereocenters. The summed E-state index contributed by atoms with van der Waals surface area (Å²) in [6.45, 7) is 6.23. The molecule has 2 rings (SSSR count). The zero-order valence-corrected chi connectivity index (χ0v) is 11.3. The van der Waals surface area contributed by atoms with Gasteiger partial charge >= 0.3 is 0 Å². The van der Waals surface area contributed by atoms with Crippen molar-refractivity contribution in [3.63, 3.8) is 0 Å². The summed E-state index contributed by atoms with van der Waals surface area (Å²) in [5.41, 5.74) is 3.22. The minimum Gasteiger partial charge on any atom is -0.394 e. The lowest BCUT2D eigenvalue weighted by Gasteiger charge is -2.14. The van der Waals surface area contributed by atoms with Gasteiger partial charge in [-0.25, -0.2) is 0 Å². The largest absolute Gasteiger partial charge is 0.394 e. The molecule has 0 saturated heterocycles. The van der Waals surface area contributed by atoms with Crippen molar-refractivity contribution >= 4 is 22.6 Å². The molecule has 0 bridgehead atoms. The van der Waals surface area contributed by atoms with Gasteiger partial charge in [-0.15, -0.1) is 0 Å². The summed E-state index contributed by atoms with van der Waals surface area (Å²) in [5.74, 6) is 0.830. The molecule has 1 atom stereocenters. The van der Waals surface area contributed by atoms with E-state index in [0.29, 0.717) is 0 Å². The van der Waals surface area contributed by atoms with E-state index in [1.54, 1.807) is 11.8 Å². The van der Waals surface area contributed by atoms with Crippen molar-refractivity contribution in [3.8, 4) is 0 Å². The molecule has 1 aliphatic rings. The number of aliphatic imine (C=N–C) groups is 1. The highest BCUT2D eigenvalue weighted by atomic mass is 32.2. The molecule has 0 spiro atoms. The van der Waals surface area contributed by atoms with Crippen LogP contribution in [0.15, 0.2) is 23.2 Å². The first-order chi connectivity index (χ1) is 8.04. The van der Waals surface area contributed by atoms with E-state index in [-0.39, 0.29) is 12.1 Å². The van der Waals surface area contributed by atoms with Crippen LogP contribution in [0.4, 0.5) is 5.69 Å². The molecule has 92 valence electrons. The van der Waals surface area contributed by atoms with Gasteiger partial charge in [0.2, 0.25) is 0 Å². The average molecular weight is 250 g/mol. The zero-order valence-electron chi connectivity index (χ0n) is 10.4. The first kappa shape index (κ1) is 12.5. The van der Waals surface area contributed by atoms with Crippen LogP contribution in [0.3, 0.4) is 0 Å². The third-order valence-corrected chi connectivity index (χ3v) is 4.18. The molecule has 1 aromatic rings. The van der Waals surface area contributed by atoms with Crippen molar-refractivity contribution in [2.75, 3.05) is 17.7 Å². The van der Waals surface area contributed by atoms with Gasteiger partial charge in [0.1, 0.15) is 0 Å². The number of anilines is 1. The molecular weight excluding hydrogens is 232 g/mol. The lowest BCUT2D eigenvalue weighted by atomic mass is 10.1. The molecular formula is C13H18N2OS. The maximum atomic E-state index is 9.27. The number of aliphatic hydroxyl groups is 1. The fourth-order valence-electron chi connectivity index (χ4n) is 1.80. The second kappa shape index (κ2) is 4.70. The van der Waals surface area contributed by atoms with Crippen molar-refractivity contribution in [2.45, 2.75) is 26.3 Å². The van der Waals surface area contributed by atoms with Crippen LogP contribution >= 0.6 is 11.8 Å². The Bertz CT molecular complexity index is 438. The van der Waals surface area contributed by atoms with Crippen LogP contribution in [0.2, 0.25) is 0 Å². The number of thioether (sulfide) groups is 1. The fraction of sp³-hybridized carbons (Fsp3) is 0.462. The van der Waals surface area contributed by atoms with Crippen LogP contribution in [-0.4, -0.2) is 28.2 Å². The van der Waals surface area contributed by atoms with Gasteiger partial charge in [0.05, 0.1) is 12.1 Å². The molecule has 1 aromatic carbocycles. The predicted octanol–water partition coefficient (Wildman–Crippen LogP) is 2.57. The van der Waals surface area contributed by atoms with E-state index in [1.807, 2.05) is 6.92 Å². The Kier molecular flexibility index (Phi) is 3.45. The molecule has 1 heterocycles. The summed E-state index contributed by atoms with van der Waals surface area (Å²) in [7, 11) is 0. The lowest BCUT2D eigenvalue weighted by Crippen LogP contribution is -2.27. The normalized spacial score (nSPS) is 23.6. The van der Waals surface area contributed by atoms with E-state index in [4.69, 9.17) is 0 Å². The Morgan fingerprint density at radius 3 is 2.59 bits per heavy atom. The van der Waals surface area contributed by atoms with Gasteiger partial charge in [0.25, 0.3) is 0 Å². The minimum atomic E-state index is -0.330. The fourth-order valence-corrected chi connectivity index (χ4v) is 2.86. The van der Waals surface area contributed by atoms with Gasteiger partial charge in [-0.3, -0.25) is 4.99 Å². The summed E-state index contributed by atoms with van der Waals surface area (Å²) in [5, 5.41) is 13.5. The van der Waals surface area contributed by atoms with Gasteiger partial charge in [-0.1, -0.05) is 30.0 Å². The maximum absolute atomic E-state index is 9.27. The van der Waals surface area contributed by atoms with Crippen LogP contribution in [0, 0.1) is 13.8 Å². The Morgan fingerprint density at radius 2 is 2.06 bits per heavy atom. The summed E-state index contributed by atoms with van der Waals surface area (Å²) < 4.78 is 0. The van der Waals surface area contributed by atoms with Gasteiger partial charge < -0.3 is 10.4 Å². The third-order valence-electron chi connectivity index (χ3n) is 2.94. The highest BCUT2D eigenvalue weighted by Gasteiger charge is 2.30. The standard InChI is InChI=1S/C13H18N2OS/c1-9-5-4-6-10(2)11(9)14-12-15-13(3,7-16)8-17-12/h4-6,16H,7-8H2,1-3H3,(H,14,15)/t13-/m0/s1. The topological polar surface area (TPSA) is 44.6 Å². The second-order valence-corrected chi connectivity index (χ2v) is 5.72. The van der Waals surface area contributed by atoms with E-state index in [0.717, 1.165) is 16.6 Å². The van der Waals surface area contributed by atoms with E-state index in [1.165, 1.54) is 11.1 Å². The number of nitrogens with one attached hydrogen (secondary N) is 1. The molecule has 4 heteroatoms. The number of rotatable bonds is 2. The molecule has 0 fully saturated rings. The number of nitrogens with zero attached hydrogens (tertiary/aromatic N) is 1. The molecule has 0 amide bonds. The van der Waals surface area contributed by atoms with Crippen LogP contribution in [0.1, 0.15) is 18.1 Å². The number of benzene rings is 1. The molecule has 1 aliphatic heterocycles. The monoisotopic (exact) mass is 250 g/mol. The van der Waals surface area contributed by atoms with Crippen LogP contribution in [-0.2, 0) is 0 Å². The first-order valence-electron chi connectivity index (χ1n) is 5.71. The number of hydrogen-bond acceptors (Lipinski definition) is 4. The Morgan fingerprint density at radius 1 is 1.41 bits per heavy atom. The number of amidine groups is 1. The van der Waals surface area contributed by atoms with E-state index < -0.39 is 0 Å². The van der Waals surface area contributed by atoms with E-state index in [2.05, 4.69) is 42.4 Å². The minimum absolute atomic E-state index is 0.0952. The first-order valence-corrected chi connectivity index (χ1v) is 6.69. The van der Waals surface area contributed by atoms with Gasteiger partial charge in [-0.2, -0.15) is 0 Å². The number of aryl methyl sites for hydroxylation is 2. The van der Waals surface area contributed by atoms with Crippen molar-refractivity contribution < 1.29 is 5.11 Å². The molecule has 3 nitrogen and oxygen atoms in total. The van der Waals surface area contributed by atoms with Crippen LogP contribution in [0.25, 0.3) is 0 Å². The summed E-state index contributed by atoms with van der Waals surface area (Å²) in [4.78, 5) is 4.53. The molecule has 2 N–H and O–H groups in total. The Balaban J connectivity index is 2.20. The Hall–Kier alpha value is -1.000. The molecule has 0 saturated carbocycles. The van der Waals surface area contributed by atoms with Gasteiger partial charge in [0, 0.05) is 11.4 Å². The Labute approximate surface area is 106 Å². The highest BCUT2D eigenvalue weighted by molar-refractivity contribution is 8.14. The number of aliphatic hydroxyl groups excluding tert-OH is 1. The molecule has 0 radical (unpaired) electrons. The summed E-state index contributed by atoms with van der Waals surface area (Å²) in [6.07, 6.45) is 0.